The van der Waals surface area contributed by atoms with Crippen LogP contribution in [-0.2, 0) is 11.2 Å². The number of likely N-dealkylation sites (tertiary alicyclic amines) is 1. The monoisotopic (exact) mass is 358 g/mol. The van der Waals surface area contributed by atoms with Gasteiger partial charge in [-0.2, -0.15) is 0 Å². The van der Waals surface area contributed by atoms with E-state index in [4.69, 9.17) is 4.52 Å². The Kier molecular flexibility index (Phi) is 4.15. The van der Waals surface area contributed by atoms with Crippen molar-refractivity contribution >= 4 is 16.9 Å². The second-order valence-corrected chi connectivity index (χ2v) is 6.73. The zero-order valence-corrected chi connectivity index (χ0v) is 14.5. The standard InChI is InChI=1S/C17H19FN6O2/c1-22(2)14-9-23(10-15(14)24-6-5-19-21-24)17(25)8-13-12-7-11(18)3-4-16(12)26-20-13/h3-7,14-15H,8-10H2,1-2H3/t14-,15+/m1/s1. The summed E-state index contributed by atoms with van der Waals surface area (Å²) in [5.74, 6) is -0.451. The molecule has 0 bridgehead atoms. The summed E-state index contributed by atoms with van der Waals surface area (Å²) < 4.78 is 20.5. The van der Waals surface area contributed by atoms with Crippen LogP contribution in [0.5, 0.6) is 0 Å². The molecule has 0 N–H and O–H groups in total. The number of nitrogens with zero attached hydrogens (tertiary/aromatic N) is 6. The quantitative estimate of drug-likeness (QED) is 0.695. The maximum Gasteiger partial charge on any atom is 0.228 e. The number of amides is 1. The van der Waals surface area contributed by atoms with Gasteiger partial charge in [0.05, 0.1) is 24.7 Å². The third-order valence-corrected chi connectivity index (χ3v) is 4.88. The summed E-state index contributed by atoms with van der Waals surface area (Å²) in [7, 11) is 3.97. The summed E-state index contributed by atoms with van der Waals surface area (Å²) in [6.45, 7) is 1.12. The predicted molar refractivity (Wildman–Crippen MR) is 90.8 cm³/mol. The van der Waals surface area contributed by atoms with Crippen LogP contribution < -0.4 is 0 Å². The van der Waals surface area contributed by atoms with Crippen LogP contribution in [0.15, 0.2) is 35.1 Å². The van der Waals surface area contributed by atoms with E-state index >= 15 is 0 Å². The first-order valence-corrected chi connectivity index (χ1v) is 8.37. The molecule has 8 nitrogen and oxygen atoms in total. The average molecular weight is 358 g/mol. The van der Waals surface area contributed by atoms with Crippen LogP contribution in [0.2, 0.25) is 0 Å². The van der Waals surface area contributed by atoms with Crippen molar-refractivity contribution in [2.75, 3.05) is 27.2 Å². The van der Waals surface area contributed by atoms with Crippen molar-refractivity contribution in [2.45, 2.75) is 18.5 Å². The zero-order valence-electron chi connectivity index (χ0n) is 14.5. The van der Waals surface area contributed by atoms with E-state index < -0.39 is 0 Å². The molecule has 1 aliphatic heterocycles. The smallest absolute Gasteiger partial charge is 0.228 e. The normalized spacial score (nSPS) is 20.4. The Labute approximate surface area is 149 Å². The van der Waals surface area contributed by atoms with Crippen LogP contribution in [0.4, 0.5) is 4.39 Å². The Bertz CT molecular complexity index is 923. The summed E-state index contributed by atoms with van der Waals surface area (Å²) in [6.07, 6.45) is 3.51. The SMILES string of the molecule is CN(C)[C@@H]1CN(C(=O)Cc2noc3ccc(F)cc23)C[C@@H]1n1ccnn1. The largest absolute Gasteiger partial charge is 0.356 e. The Hall–Kier alpha value is -2.81. The molecular formula is C17H19FN6O2. The molecule has 0 spiro atoms. The minimum atomic E-state index is -0.380. The number of halogens is 1. The summed E-state index contributed by atoms with van der Waals surface area (Å²) in [4.78, 5) is 16.7. The molecule has 2 atom stereocenters. The van der Waals surface area contributed by atoms with Crippen LogP contribution >= 0.6 is 0 Å². The lowest BCUT2D eigenvalue weighted by Gasteiger charge is -2.24. The molecule has 0 unspecified atom stereocenters. The van der Waals surface area contributed by atoms with Gasteiger partial charge in [0.1, 0.15) is 11.5 Å². The Morgan fingerprint density at radius 1 is 1.38 bits per heavy atom. The second-order valence-electron chi connectivity index (χ2n) is 6.73. The van der Waals surface area contributed by atoms with E-state index in [0.717, 1.165) is 0 Å². The molecule has 1 aromatic carbocycles. The number of carbonyl (C=O) groups is 1. The van der Waals surface area contributed by atoms with Gasteiger partial charge in [-0.1, -0.05) is 10.4 Å². The fourth-order valence-corrected chi connectivity index (χ4v) is 3.48. The number of hydrogen-bond acceptors (Lipinski definition) is 6. The number of carbonyl (C=O) groups excluding carboxylic acids is 1. The van der Waals surface area contributed by atoms with E-state index in [1.165, 1.54) is 18.2 Å². The number of likely N-dealkylation sites (N-methyl/N-ethyl adjacent to an activating group) is 1. The molecule has 0 radical (unpaired) electrons. The molecule has 136 valence electrons. The zero-order chi connectivity index (χ0) is 18.3. The van der Waals surface area contributed by atoms with Crippen molar-refractivity contribution < 1.29 is 13.7 Å². The summed E-state index contributed by atoms with van der Waals surface area (Å²) in [6, 6.07) is 4.34. The number of hydrogen-bond donors (Lipinski definition) is 0. The Morgan fingerprint density at radius 3 is 2.96 bits per heavy atom. The van der Waals surface area contributed by atoms with Crippen LogP contribution in [0.25, 0.3) is 11.0 Å². The Balaban J connectivity index is 1.53. The highest BCUT2D eigenvalue weighted by Gasteiger charge is 2.38. The fourth-order valence-electron chi connectivity index (χ4n) is 3.48. The van der Waals surface area contributed by atoms with E-state index in [0.29, 0.717) is 29.8 Å². The van der Waals surface area contributed by atoms with Gasteiger partial charge in [0, 0.05) is 24.7 Å². The molecule has 1 fully saturated rings. The van der Waals surface area contributed by atoms with Gasteiger partial charge in [-0.25, -0.2) is 9.07 Å². The van der Waals surface area contributed by atoms with E-state index in [9.17, 15) is 9.18 Å². The summed E-state index contributed by atoms with van der Waals surface area (Å²) in [5, 5.41) is 12.4. The van der Waals surface area contributed by atoms with Gasteiger partial charge < -0.3 is 14.3 Å². The first-order chi connectivity index (χ1) is 12.5. The molecule has 3 heterocycles. The highest BCUT2D eigenvalue weighted by Crippen LogP contribution is 2.26. The maximum absolute atomic E-state index is 13.5. The predicted octanol–water partition coefficient (Wildman–Crippen LogP) is 1.11. The molecule has 0 aliphatic carbocycles. The van der Waals surface area contributed by atoms with Gasteiger partial charge >= 0.3 is 0 Å². The molecule has 9 heteroatoms. The summed E-state index contributed by atoms with van der Waals surface area (Å²) >= 11 is 0. The lowest BCUT2D eigenvalue weighted by molar-refractivity contribution is -0.129. The second kappa shape index (κ2) is 6.49. The highest BCUT2D eigenvalue weighted by molar-refractivity contribution is 5.86. The minimum absolute atomic E-state index is 0.0305. The number of aromatic nitrogens is 4. The van der Waals surface area contributed by atoms with E-state index in [1.54, 1.807) is 15.8 Å². The van der Waals surface area contributed by atoms with E-state index in [-0.39, 0.29) is 30.2 Å². The van der Waals surface area contributed by atoms with Gasteiger partial charge in [0.15, 0.2) is 5.58 Å². The first kappa shape index (κ1) is 16.6. The van der Waals surface area contributed by atoms with Gasteiger partial charge in [0.25, 0.3) is 0 Å². The van der Waals surface area contributed by atoms with Gasteiger partial charge in [-0.3, -0.25) is 4.79 Å². The molecule has 0 saturated carbocycles. The minimum Gasteiger partial charge on any atom is -0.356 e. The van der Waals surface area contributed by atoms with Crippen molar-refractivity contribution in [1.29, 1.82) is 0 Å². The molecule has 1 aliphatic rings. The maximum atomic E-state index is 13.5. The Morgan fingerprint density at radius 2 is 2.23 bits per heavy atom. The highest BCUT2D eigenvalue weighted by atomic mass is 19.1. The van der Waals surface area contributed by atoms with Crippen molar-refractivity contribution in [2.24, 2.45) is 0 Å². The van der Waals surface area contributed by atoms with E-state index in [2.05, 4.69) is 20.4 Å². The van der Waals surface area contributed by atoms with Crippen molar-refractivity contribution in [3.8, 4) is 0 Å². The molecule has 1 amide bonds. The van der Waals surface area contributed by atoms with Crippen LogP contribution in [0.1, 0.15) is 11.7 Å². The molecule has 26 heavy (non-hydrogen) atoms. The molecule has 1 saturated heterocycles. The summed E-state index contributed by atoms with van der Waals surface area (Å²) in [5.41, 5.74) is 0.928. The van der Waals surface area contributed by atoms with E-state index in [1.807, 2.05) is 20.3 Å². The molecular weight excluding hydrogens is 339 g/mol. The topological polar surface area (TPSA) is 80.3 Å². The van der Waals surface area contributed by atoms with Crippen LogP contribution in [0.3, 0.4) is 0 Å². The lowest BCUT2D eigenvalue weighted by atomic mass is 10.1. The molecule has 3 aromatic rings. The van der Waals surface area contributed by atoms with Gasteiger partial charge in [-0.05, 0) is 32.3 Å². The number of rotatable bonds is 4. The first-order valence-electron chi connectivity index (χ1n) is 8.37. The molecule has 4 rings (SSSR count). The van der Waals surface area contributed by atoms with Crippen molar-refractivity contribution in [3.63, 3.8) is 0 Å². The lowest BCUT2D eigenvalue weighted by Crippen LogP contribution is -2.37. The number of benzene rings is 1. The van der Waals surface area contributed by atoms with Crippen LogP contribution in [0, 0.1) is 5.82 Å². The molecule has 2 aromatic heterocycles. The van der Waals surface area contributed by atoms with Gasteiger partial charge in [0.2, 0.25) is 5.91 Å². The van der Waals surface area contributed by atoms with Gasteiger partial charge in [-0.15, -0.1) is 5.10 Å². The van der Waals surface area contributed by atoms with Crippen molar-refractivity contribution in [1.82, 2.24) is 30.0 Å². The third kappa shape index (κ3) is 2.94. The fraction of sp³-hybridized carbons (Fsp3) is 0.412. The third-order valence-electron chi connectivity index (χ3n) is 4.88. The van der Waals surface area contributed by atoms with Crippen molar-refractivity contribution in [3.05, 3.63) is 42.1 Å². The van der Waals surface area contributed by atoms with Crippen LogP contribution in [-0.4, -0.2) is 69.1 Å². The average Bonchev–Trinajstić information content (AvgIpc) is 3.34. The number of fused-ring (bicyclic) bond motifs is 1.